The monoisotopic (exact) mass is 306 g/mol. The molecule has 0 saturated carbocycles. The molecule has 0 aromatic heterocycles. The summed E-state index contributed by atoms with van der Waals surface area (Å²) in [6, 6.07) is 2.89. The second-order valence-corrected chi connectivity index (χ2v) is 4.32. The van der Waals surface area contributed by atoms with Crippen LogP contribution < -0.4 is 9.47 Å². The SMILES string of the molecule is CCOC(=O)C1=C(O)c2c(OC)ccc(OC)c2C(=O)C1=O. The minimum atomic E-state index is -1.14. The Morgan fingerprint density at radius 2 is 1.59 bits per heavy atom. The molecule has 7 heteroatoms. The number of benzene rings is 1. The Balaban J connectivity index is 2.80. The fourth-order valence-electron chi connectivity index (χ4n) is 2.22. The molecule has 116 valence electrons. The quantitative estimate of drug-likeness (QED) is 0.508. The van der Waals surface area contributed by atoms with Gasteiger partial charge in [-0.25, -0.2) is 4.79 Å². The second kappa shape index (κ2) is 5.88. The number of carbonyl (C=O) groups is 3. The van der Waals surface area contributed by atoms with Crippen LogP contribution in [0.1, 0.15) is 22.8 Å². The fraction of sp³-hybridized carbons (Fsp3) is 0.267. The van der Waals surface area contributed by atoms with E-state index in [1.54, 1.807) is 6.92 Å². The van der Waals surface area contributed by atoms with Gasteiger partial charge in [0.05, 0.1) is 32.0 Å². The van der Waals surface area contributed by atoms with E-state index in [0.29, 0.717) is 0 Å². The van der Waals surface area contributed by atoms with Gasteiger partial charge in [0.15, 0.2) is 5.57 Å². The maximum atomic E-state index is 12.3. The Hall–Kier alpha value is -2.83. The minimum Gasteiger partial charge on any atom is -0.506 e. The molecule has 0 amide bonds. The van der Waals surface area contributed by atoms with Gasteiger partial charge in [-0.15, -0.1) is 0 Å². The van der Waals surface area contributed by atoms with Gasteiger partial charge < -0.3 is 19.3 Å². The zero-order chi connectivity index (χ0) is 16.4. The van der Waals surface area contributed by atoms with Gasteiger partial charge in [-0.05, 0) is 19.1 Å². The summed E-state index contributed by atoms with van der Waals surface area (Å²) in [6.45, 7) is 1.54. The number of Topliss-reactive ketones (excluding diaryl/α,β-unsaturated/α-hetero) is 2. The van der Waals surface area contributed by atoms with Gasteiger partial charge in [-0.1, -0.05) is 0 Å². The van der Waals surface area contributed by atoms with Crippen molar-refractivity contribution in [2.75, 3.05) is 20.8 Å². The summed E-state index contributed by atoms with van der Waals surface area (Å²) in [4.78, 5) is 36.3. The van der Waals surface area contributed by atoms with E-state index < -0.39 is 28.9 Å². The molecule has 0 saturated heterocycles. The van der Waals surface area contributed by atoms with Crippen LogP contribution >= 0.6 is 0 Å². The van der Waals surface area contributed by atoms with Crippen LogP contribution in [0.5, 0.6) is 11.5 Å². The maximum Gasteiger partial charge on any atom is 0.346 e. The Morgan fingerprint density at radius 3 is 2.09 bits per heavy atom. The van der Waals surface area contributed by atoms with Gasteiger partial charge in [-0.2, -0.15) is 0 Å². The van der Waals surface area contributed by atoms with Crippen molar-refractivity contribution >= 4 is 23.3 Å². The van der Waals surface area contributed by atoms with E-state index in [-0.39, 0.29) is 29.2 Å². The lowest BCUT2D eigenvalue weighted by Gasteiger charge is -2.21. The summed E-state index contributed by atoms with van der Waals surface area (Å²) in [7, 11) is 2.65. The van der Waals surface area contributed by atoms with Crippen LogP contribution in [0.15, 0.2) is 17.7 Å². The number of rotatable bonds is 4. The molecule has 0 unspecified atom stereocenters. The van der Waals surface area contributed by atoms with Crippen molar-refractivity contribution in [3.63, 3.8) is 0 Å². The molecular weight excluding hydrogens is 292 g/mol. The average molecular weight is 306 g/mol. The molecule has 7 nitrogen and oxygen atoms in total. The number of esters is 1. The normalized spacial score (nSPS) is 13.8. The first-order chi connectivity index (χ1) is 10.5. The molecule has 0 atom stereocenters. The van der Waals surface area contributed by atoms with Crippen molar-refractivity contribution in [3.05, 3.63) is 28.8 Å². The van der Waals surface area contributed by atoms with E-state index in [9.17, 15) is 19.5 Å². The predicted molar refractivity (Wildman–Crippen MR) is 75.1 cm³/mol. The van der Waals surface area contributed by atoms with Crippen LogP contribution in [-0.4, -0.2) is 43.5 Å². The molecule has 1 aromatic carbocycles. The molecule has 22 heavy (non-hydrogen) atoms. The molecule has 1 aliphatic carbocycles. The highest BCUT2D eigenvalue weighted by Crippen LogP contribution is 2.39. The third kappa shape index (κ3) is 2.20. The number of ketones is 2. The third-order valence-corrected chi connectivity index (χ3v) is 3.18. The molecule has 0 aliphatic heterocycles. The van der Waals surface area contributed by atoms with Crippen LogP contribution in [0.4, 0.5) is 0 Å². The van der Waals surface area contributed by atoms with Crippen molar-refractivity contribution in [2.24, 2.45) is 0 Å². The number of hydrogen-bond acceptors (Lipinski definition) is 7. The molecule has 2 rings (SSSR count). The number of aliphatic hydroxyl groups excluding tert-OH is 1. The molecule has 1 aromatic rings. The number of carbonyl (C=O) groups excluding carboxylic acids is 3. The molecule has 0 heterocycles. The van der Waals surface area contributed by atoms with Gasteiger partial charge >= 0.3 is 5.97 Å². The minimum absolute atomic E-state index is 0.000807. The van der Waals surface area contributed by atoms with E-state index in [2.05, 4.69) is 0 Å². The van der Waals surface area contributed by atoms with Crippen molar-refractivity contribution < 1.29 is 33.7 Å². The van der Waals surface area contributed by atoms with Crippen LogP contribution in [0.3, 0.4) is 0 Å². The first-order valence-corrected chi connectivity index (χ1v) is 6.42. The second-order valence-electron chi connectivity index (χ2n) is 4.32. The van der Waals surface area contributed by atoms with Crippen molar-refractivity contribution in [1.82, 2.24) is 0 Å². The zero-order valence-electron chi connectivity index (χ0n) is 12.3. The number of ether oxygens (including phenoxy) is 3. The lowest BCUT2D eigenvalue weighted by molar-refractivity contribution is -0.139. The van der Waals surface area contributed by atoms with Crippen LogP contribution in [0, 0.1) is 0 Å². The highest BCUT2D eigenvalue weighted by Gasteiger charge is 2.41. The van der Waals surface area contributed by atoms with E-state index in [4.69, 9.17) is 14.2 Å². The Morgan fingerprint density at radius 1 is 1.05 bits per heavy atom. The zero-order valence-corrected chi connectivity index (χ0v) is 12.3. The topological polar surface area (TPSA) is 99.1 Å². The third-order valence-electron chi connectivity index (χ3n) is 3.18. The molecule has 0 spiro atoms. The number of aliphatic hydroxyl groups is 1. The summed E-state index contributed by atoms with van der Waals surface area (Å²) >= 11 is 0. The summed E-state index contributed by atoms with van der Waals surface area (Å²) in [6.07, 6.45) is 0. The van der Waals surface area contributed by atoms with Gasteiger partial charge in [-0.3, -0.25) is 9.59 Å². The van der Waals surface area contributed by atoms with E-state index in [1.807, 2.05) is 0 Å². The van der Waals surface area contributed by atoms with Crippen molar-refractivity contribution in [1.29, 1.82) is 0 Å². The first-order valence-electron chi connectivity index (χ1n) is 6.42. The predicted octanol–water partition coefficient (Wildman–Crippen LogP) is 1.30. The van der Waals surface area contributed by atoms with Gasteiger partial charge in [0.2, 0.25) is 11.6 Å². The van der Waals surface area contributed by atoms with Crippen LogP contribution in [-0.2, 0) is 14.3 Å². The molecule has 0 bridgehead atoms. The largest absolute Gasteiger partial charge is 0.506 e. The van der Waals surface area contributed by atoms with Crippen LogP contribution in [0.25, 0.3) is 5.76 Å². The Bertz CT molecular complexity index is 700. The van der Waals surface area contributed by atoms with Crippen molar-refractivity contribution in [3.8, 4) is 11.5 Å². The molecule has 1 aliphatic rings. The molecular formula is C15H14O7. The van der Waals surface area contributed by atoms with E-state index in [1.165, 1.54) is 26.4 Å². The Kier molecular flexibility index (Phi) is 4.16. The highest BCUT2D eigenvalue weighted by molar-refractivity contribution is 6.57. The Labute approximate surface area is 126 Å². The number of methoxy groups -OCH3 is 2. The van der Waals surface area contributed by atoms with Crippen molar-refractivity contribution in [2.45, 2.75) is 6.92 Å². The number of hydrogen-bond donors (Lipinski definition) is 1. The summed E-state index contributed by atoms with van der Waals surface area (Å²) in [5.41, 5.74) is -0.905. The lowest BCUT2D eigenvalue weighted by atomic mass is 9.87. The summed E-state index contributed by atoms with van der Waals surface area (Å²) in [5, 5.41) is 10.3. The fourth-order valence-corrected chi connectivity index (χ4v) is 2.22. The van der Waals surface area contributed by atoms with Gasteiger partial charge in [0, 0.05) is 0 Å². The number of fused-ring (bicyclic) bond motifs is 1. The summed E-state index contributed by atoms with van der Waals surface area (Å²) < 4.78 is 14.8. The average Bonchev–Trinajstić information content (AvgIpc) is 2.51. The van der Waals surface area contributed by atoms with Gasteiger partial charge in [0.1, 0.15) is 17.3 Å². The van der Waals surface area contributed by atoms with Gasteiger partial charge in [0.25, 0.3) is 0 Å². The molecule has 0 radical (unpaired) electrons. The molecule has 1 N–H and O–H groups in total. The molecule has 0 fully saturated rings. The van der Waals surface area contributed by atoms with Crippen LogP contribution in [0.2, 0.25) is 0 Å². The maximum absolute atomic E-state index is 12.3. The highest BCUT2D eigenvalue weighted by atomic mass is 16.5. The van der Waals surface area contributed by atoms with E-state index in [0.717, 1.165) is 0 Å². The standard InChI is InChI=1S/C15H14O7/c1-4-22-15(19)11-12(16)9-7(20-2)5-6-8(21-3)10(9)13(17)14(11)18/h5-6,16H,4H2,1-3H3. The first kappa shape index (κ1) is 15.6. The smallest absolute Gasteiger partial charge is 0.346 e. The van der Waals surface area contributed by atoms with E-state index >= 15 is 0 Å². The lowest BCUT2D eigenvalue weighted by Crippen LogP contribution is -2.30. The summed E-state index contributed by atoms with van der Waals surface area (Å²) in [5.74, 6) is -3.59.